The van der Waals surface area contributed by atoms with Crippen LogP contribution in [0.3, 0.4) is 0 Å². The van der Waals surface area contributed by atoms with Gasteiger partial charge in [0, 0.05) is 12.6 Å². The average Bonchev–Trinajstić information content (AvgIpc) is 2.46. The molecule has 1 unspecified atom stereocenters. The van der Waals surface area contributed by atoms with Crippen LogP contribution in [0, 0.1) is 0 Å². The van der Waals surface area contributed by atoms with Gasteiger partial charge < -0.3 is 5.32 Å². The van der Waals surface area contributed by atoms with Gasteiger partial charge in [0.25, 0.3) is 0 Å². The number of imide groups is 1. The van der Waals surface area contributed by atoms with Crippen molar-refractivity contribution in [1.82, 2.24) is 10.2 Å². The second kappa shape index (κ2) is 4.31. The second-order valence-corrected chi connectivity index (χ2v) is 4.46. The van der Waals surface area contributed by atoms with E-state index in [0.717, 1.165) is 12.8 Å². The number of hydrogen-bond donors (Lipinski definition) is 1. The minimum atomic E-state index is -0.326. The van der Waals surface area contributed by atoms with Gasteiger partial charge in [-0.3, -0.25) is 14.5 Å². The molecule has 0 aromatic carbocycles. The largest absolute Gasteiger partial charge is 0.300 e. The summed E-state index contributed by atoms with van der Waals surface area (Å²) < 4.78 is 0. The van der Waals surface area contributed by atoms with Gasteiger partial charge in [-0.25, -0.2) is 0 Å². The first-order valence-electron chi connectivity index (χ1n) is 5.51. The van der Waals surface area contributed by atoms with Crippen LogP contribution < -0.4 is 5.32 Å². The van der Waals surface area contributed by atoms with Gasteiger partial charge in [0.05, 0.1) is 12.5 Å². The molecule has 4 nitrogen and oxygen atoms in total. The van der Waals surface area contributed by atoms with E-state index in [2.05, 4.69) is 26.1 Å². The summed E-state index contributed by atoms with van der Waals surface area (Å²) in [5, 5.41) is 3.29. The van der Waals surface area contributed by atoms with Crippen molar-refractivity contribution in [2.24, 2.45) is 0 Å². The SMILES string of the molecule is CCC(C)(CC)NC1CC(=O)N(C)C1=O. The average molecular weight is 212 g/mol. The monoisotopic (exact) mass is 212 g/mol. The number of carbonyl (C=O) groups is 2. The molecule has 2 amide bonds. The molecule has 1 fully saturated rings. The van der Waals surface area contributed by atoms with E-state index < -0.39 is 0 Å². The van der Waals surface area contributed by atoms with Crippen molar-refractivity contribution in [1.29, 1.82) is 0 Å². The van der Waals surface area contributed by atoms with E-state index in [1.54, 1.807) is 7.05 Å². The van der Waals surface area contributed by atoms with Crippen LogP contribution in [0.2, 0.25) is 0 Å². The van der Waals surface area contributed by atoms with Crippen molar-refractivity contribution >= 4 is 11.8 Å². The van der Waals surface area contributed by atoms with Crippen LogP contribution in [0.1, 0.15) is 40.0 Å². The molecule has 1 atom stereocenters. The van der Waals surface area contributed by atoms with Crippen LogP contribution in [0.25, 0.3) is 0 Å². The van der Waals surface area contributed by atoms with Crippen molar-refractivity contribution in [3.63, 3.8) is 0 Å². The maximum absolute atomic E-state index is 11.7. The molecule has 1 N–H and O–H groups in total. The second-order valence-electron chi connectivity index (χ2n) is 4.46. The lowest BCUT2D eigenvalue weighted by Crippen LogP contribution is -2.50. The fourth-order valence-corrected chi connectivity index (χ4v) is 1.74. The molecule has 1 saturated heterocycles. The van der Waals surface area contributed by atoms with Gasteiger partial charge in [-0.1, -0.05) is 13.8 Å². The van der Waals surface area contributed by atoms with Crippen LogP contribution in [0.4, 0.5) is 0 Å². The molecule has 0 aromatic rings. The van der Waals surface area contributed by atoms with Gasteiger partial charge in [0.15, 0.2) is 0 Å². The van der Waals surface area contributed by atoms with E-state index in [9.17, 15) is 9.59 Å². The molecule has 1 aliphatic heterocycles. The molecule has 4 heteroatoms. The van der Waals surface area contributed by atoms with E-state index in [0.29, 0.717) is 6.42 Å². The van der Waals surface area contributed by atoms with E-state index in [1.807, 2.05) is 0 Å². The Bertz CT molecular complexity index is 272. The lowest BCUT2D eigenvalue weighted by molar-refractivity contribution is -0.137. The first-order valence-corrected chi connectivity index (χ1v) is 5.51. The molecule has 1 aliphatic rings. The summed E-state index contributed by atoms with van der Waals surface area (Å²) in [6, 6.07) is -0.326. The van der Waals surface area contributed by atoms with Gasteiger partial charge in [-0.2, -0.15) is 0 Å². The van der Waals surface area contributed by atoms with Crippen molar-refractivity contribution in [3.8, 4) is 0 Å². The number of carbonyl (C=O) groups excluding carboxylic acids is 2. The maximum Gasteiger partial charge on any atom is 0.246 e. The molecule has 15 heavy (non-hydrogen) atoms. The number of likely N-dealkylation sites (N-methyl/N-ethyl adjacent to an activating group) is 1. The quantitative estimate of drug-likeness (QED) is 0.705. The predicted molar refractivity (Wildman–Crippen MR) is 58.3 cm³/mol. The van der Waals surface area contributed by atoms with E-state index in [-0.39, 0.29) is 23.4 Å². The highest BCUT2D eigenvalue weighted by Crippen LogP contribution is 2.19. The molecule has 0 radical (unpaired) electrons. The first-order chi connectivity index (χ1) is 6.93. The smallest absolute Gasteiger partial charge is 0.246 e. The Kier molecular flexibility index (Phi) is 3.50. The third kappa shape index (κ3) is 2.37. The lowest BCUT2D eigenvalue weighted by atomic mass is 9.94. The van der Waals surface area contributed by atoms with Crippen LogP contribution >= 0.6 is 0 Å². The Balaban J connectivity index is 2.68. The topological polar surface area (TPSA) is 49.4 Å². The number of amides is 2. The number of nitrogens with one attached hydrogen (secondary N) is 1. The highest BCUT2D eigenvalue weighted by molar-refractivity contribution is 6.05. The van der Waals surface area contributed by atoms with E-state index >= 15 is 0 Å². The highest BCUT2D eigenvalue weighted by atomic mass is 16.2. The molecular weight excluding hydrogens is 192 g/mol. The number of nitrogens with zero attached hydrogens (tertiary/aromatic N) is 1. The molecule has 1 rings (SSSR count). The van der Waals surface area contributed by atoms with Gasteiger partial charge in [0.1, 0.15) is 0 Å². The van der Waals surface area contributed by atoms with Crippen molar-refractivity contribution in [2.75, 3.05) is 7.05 Å². The number of likely N-dealkylation sites (tertiary alicyclic amines) is 1. The minimum Gasteiger partial charge on any atom is -0.300 e. The summed E-state index contributed by atoms with van der Waals surface area (Å²) in [4.78, 5) is 24.2. The molecule has 0 saturated carbocycles. The van der Waals surface area contributed by atoms with Crippen molar-refractivity contribution in [3.05, 3.63) is 0 Å². The molecular formula is C11H20N2O2. The zero-order chi connectivity index (χ0) is 11.6. The van der Waals surface area contributed by atoms with Gasteiger partial charge in [-0.05, 0) is 19.8 Å². The molecule has 0 spiro atoms. The molecule has 0 aromatic heterocycles. The number of rotatable bonds is 4. The van der Waals surface area contributed by atoms with Gasteiger partial charge in [-0.15, -0.1) is 0 Å². The molecule has 1 heterocycles. The summed E-state index contributed by atoms with van der Waals surface area (Å²) in [7, 11) is 1.54. The van der Waals surface area contributed by atoms with E-state index in [1.165, 1.54) is 4.90 Å². The zero-order valence-corrected chi connectivity index (χ0v) is 9.96. The maximum atomic E-state index is 11.7. The van der Waals surface area contributed by atoms with E-state index in [4.69, 9.17) is 0 Å². The highest BCUT2D eigenvalue weighted by Gasteiger charge is 2.38. The van der Waals surface area contributed by atoms with Crippen LogP contribution in [-0.2, 0) is 9.59 Å². The Hall–Kier alpha value is -0.900. The standard InChI is InChI=1S/C11H20N2O2/c1-5-11(3,6-2)12-8-7-9(14)13(4)10(8)15/h8,12H,5-7H2,1-4H3. The van der Waals surface area contributed by atoms with Crippen LogP contribution in [0.15, 0.2) is 0 Å². The normalized spacial score (nSPS) is 22.7. The Labute approximate surface area is 91.0 Å². The van der Waals surface area contributed by atoms with Crippen molar-refractivity contribution in [2.45, 2.75) is 51.6 Å². The molecule has 86 valence electrons. The zero-order valence-electron chi connectivity index (χ0n) is 9.96. The lowest BCUT2D eigenvalue weighted by Gasteiger charge is -2.30. The minimum absolute atomic E-state index is 0.0498. The summed E-state index contributed by atoms with van der Waals surface area (Å²) in [5.74, 6) is -0.194. The fourth-order valence-electron chi connectivity index (χ4n) is 1.74. The Morgan fingerprint density at radius 1 is 1.40 bits per heavy atom. The Morgan fingerprint density at radius 3 is 2.27 bits per heavy atom. The molecule has 0 bridgehead atoms. The summed E-state index contributed by atoms with van der Waals surface area (Å²) in [6.07, 6.45) is 2.20. The first kappa shape index (κ1) is 12.2. The van der Waals surface area contributed by atoms with Crippen LogP contribution in [-0.4, -0.2) is 35.3 Å². The third-order valence-electron chi connectivity index (χ3n) is 3.46. The van der Waals surface area contributed by atoms with Crippen LogP contribution in [0.5, 0.6) is 0 Å². The summed E-state index contributed by atoms with van der Waals surface area (Å²) >= 11 is 0. The van der Waals surface area contributed by atoms with Crippen molar-refractivity contribution < 1.29 is 9.59 Å². The summed E-state index contributed by atoms with van der Waals surface area (Å²) in [5.41, 5.74) is -0.0498. The fraction of sp³-hybridized carbons (Fsp3) is 0.818. The molecule has 0 aliphatic carbocycles. The van der Waals surface area contributed by atoms with Gasteiger partial charge in [0.2, 0.25) is 11.8 Å². The summed E-state index contributed by atoms with van der Waals surface area (Å²) in [6.45, 7) is 6.26. The number of hydrogen-bond acceptors (Lipinski definition) is 3. The Morgan fingerprint density at radius 2 is 1.93 bits per heavy atom. The third-order valence-corrected chi connectivity index (χ3v) is 3.46. The predicted octanol–water partition coefficient (Wildman–Crippen LogP) is 0.912. The van der Waals surface area contributed by atoms with Gasteiger partial charge >= 0.3 is 0 Å².